The van der Waals surface area contributed by atoms with Crippen LogP contribution in [0.4, 0.5) is 0 Å². The lowest BCUT2D eigenvalue weighted by Gasteiger charge is -2.27. The van der Waals surface area contributed by atoms with Gasteiger partial charge in [0.25, 0.3) is 5.91 Å². The van der Waals surface area contributed by atoms with Crippen molar-refractivity contribution < 1.29 is 4.79 Å². The molecule has 146 valence electrons. The van der Waals surface area contributed by atoms with Crippen LogP contribution in [0.15, 0.2) is 84.0 Å². The Hall–Kier alpha value is -2.66. The monoisotopic (exact) mass is 423 g/mol. The average molecular weight is 424 g/mol. The number of hydrogen-bond acceptors (Lipinski definition) is 3. The largest absolute Gasteiger partial charge is 0.271 e. The van der Waals surface area contributed by atoms with Gasteiger partial charge in [-0.15, -0.1) is 0 Å². The number of carbonyl (C=O) groups is 1. The first-order chi connectivity index (χ1) is 14.1. The zero-order chi connectivity index (χ0) is 20.2. The highest BCUT2D eigenvalue weighted by Crippen LogP contribution is 2.33. The van der Waals surface area contributed by atoms with Crippen molar-refractivity contribution in [2.24, 2.45) is 5.10 Å². The molecule has 0 saturated carbocycles. The molecule has 0 aliphatic carbocycles. The molecule has 1 aliphatic rings. The van der Waals surface area contributed by atoms with Crippen LogP contribution in [0.2, 0.25) is 10.0 Å². The molecule has 0 bridgehead atoms. The maximum Gasteiger partial charge on any atom is 0.258 e. The van der Waals surface area contributed by atoms with Gasteiger partial charge in [-0.3, -0.25) is 9.69 Å². The second kappa shape index (κ2) is 8.78. The quantitative estimate of drug-likeness (QED) is 0.517. The minimum atomic E-state index is -0.336. The Balaban J connectivity index is 1.67. The van der Waals surface area contributed by atoms with Crippen LogP contribution in [0, 0.1) is 0 Å². The molecule has 6 heteroatoms. The number of hydrazone groups is 1. The van der Waals surface area contributed by atoms with Crippen molar-refractivity contribution >= 4 is 35.3 Å². The first-order valence-corrected chi connectivity index (χ1v) is 10.0. The van der Waals surface area contributed by atoms with E-state index >= 15 is 0 Å². The number of rotatable bonds is 5. The molecule has 1 heterocycles. The lowest BCUT2D eigenvalue weighted by atomic mass is 10.1. The fourth-order valence-corrected chi connectivity index (χ4v) is 3.84. The van der Waals surface area contributed by atoms with Crippen LogP contribution in [0.25, 0.3) is 0 Å². The molecule has 4 nitrogen and oxygen atoms in total. The molecule has 3 aromatic carbocycles. The van der Waals surface area contributed by atoms with Gasteiger partial charge in [-0.1, -0.05) is 77.8 Å². The van der Waals surface area contributed by atoms with Crippen molar-refractivity contribution in [2.75, 3.05) is 6.54 Å². The van der Waals surface area contributed by atoms with Crippen molar-refractivity contribution in [3.8, 4) is 0 Å². The third kappa shape index (κ3) is 4.67. The molecule has 29 heavy (non-hydrogen) atoms. The number of hydrogen-bond donors (Lipinski definition) is 0. The van der Waals surface area contributed by atoms with Crippen molar-refractivity contribution in [1.29, 1.82) is 0 Å². The van der Waals surface area contributed by atoms with E-state index in [2.05, 4.69) is 22.1 Å². The molecule has 1 amide bonds. The van der Waals surface area contributed by atoms with E-state index in [1.807, 2.05) is 60.7 Å². The van der Waals surface area contributed by atoms with Gasteiger partial charge in [0, 0.05) is 16.6 Å². The van der Waals surface area contributed by atoms with Crippen LogP contribution < -0.4 is 0 Å². The summed E-state index contributed by atoms with van der Waals surface area (Å²) in [5, 5.41) is 7.28. The fourth-order valence-electron chi connectivity index (χ4n) is 3.45. The molecular weight excluding hydrogens is 405 g/mol. The summed E-state index contributed by atoms with van der Waals surface area (Å²) in [6.45, 7) is 0.909. The summed E-state index contributed by atoms with van der Waals surface area (Å²) < 4.78 is 0. The molecule has 4 rings (SSSR count). The second-order valence-corrected chi connectivity index (χ2v) is 7.73. The first-order valence-electron chi connectivity index (χ1n) is 9.25. The predicted octanol–water partition coefficient (Wildman–Crippen LogP) is 5.37. The van der Waals surface area contributed by atoms with E-state index in [0.717, 1.165) is 16.7 Å². The summed E-state index contributed by atoms with van der Waals surface area (Å²) in [5.74, 6) is -0.0656. The zero-order valence-electron chi connectivity index (χ0n) is 15.6. The smallest absolute Gasteiger partial charge is 0.258 e. The van der Waals surface area contributed by atoms with Crippen LogP contribution in [0.1, 0.15) is 22.9 Å². The van der Waals surface area contributed by atoms with Gasteiger partial charge in [-0.05, 0) is 41.0 Å². The maximum absolute atomic E-state index is 12.8. The fraction of sp³-hybridized carbons (Fsp3) is 0.130. The van der Waals surface area contributed by atoms with E-state index in [1.165, 1.54) is 5.01 Å². The molecule has 1 fully saturated rings. The number of benzene rings is 3. The summed E-state index contributed by atoms with van der Waals surface area (Å²) in [6, 6.07) is 25.0. The van der Waals surface area contributed by atoms with Gasteiger partial charge in [0.15, 0.2) is 0 Å². The molecule has 0 radical (unpaired) electrons. The summed E-state index contributed by atoms with van der Waals surface area (Å²) in [6.07, 6.45) is 1.32. The third-order valence-electron chi connectivity index (χ3n) is 4.73. The highest BCUT2D eigenvalue weighted by Gasteiger charge is 2.39. The summed E-state index contributed by atoms with van der Waals surface area (Å²) in [5.41, 5.74) is 2.88. The van der Waals surface area contributed by atoms with Crippen molar-refractivity contribution in [1.82, 2.24) is 9.91 Å². The van der Waals surface area contributed by atoms with Crippen molar-refractivity contribution in [3.05, 3.63) is 106 Å². The second-order valence-electron chi connectivity index (χ2n) is 6.86. The van der Waals surface area contributed by atoms with E-state index in [-0.39, 0.29) is 18.6 Å². The lowest BCUT2D eigenvalue weighted by molar-refractivity contribution is -0.128. The maximum atomic E-state index is 12.8. The Morgan fingerprint density at radius 2 is 1.66 bits per heavy atom. The Morgan fingerprint density at radius 3 is 2.38 bits per heavy atom. The number of amides is 1. The van der Waals surface area contributed by atoms with Crippen LogP contribution >= 0.6 is 23.2 Å². The standard InChI is InChI=1S/C23H19Cl2N3O/c24-20-10-4-8-18(12-20)14-26-28-22(29)16-27(15-17-6-2-1-3-7-17)23(28)19-9-5-11-21(25)13-19/h1-14,23H,15-16H2/b26-14+. The lowest BCUT2D eigenvalue weighted by Crippen LogP contribution is -2.28. The summed E-state index contributed by atoms with van der Waals surface area (Å²) >= 11 is 12.3. The van der Waals surface area contributed by atoms with Crippen LogP contribution in [0.5, 0.6) is 0 Å². The molecule has 0 spiro atoms. The summed E-state index contributed by atoms with van der Waals surface area (Å²) in [7, 11) is 0. The van der Waals surface area contributed by atoms with Gasteiger partial charge < -0.3 is 0 Å². The highest BCUT2D eigenvalue weighted by atomic mass is 35.5. The summed E-state index contributed by atoms with van der Waals surface area (Å²) in [4.78, 5) is 14.9. The molecule has 0 aromatic heterocycles. The van der Waals surface area contributed by atoms with Gasteiger partial charge in [-0.25, -0.2) is 5.01 Å². The van der Waals surface area contributed by atoms with Gasteiger partial charge in [0.1, 0.15) is 6.17 Å². The molecule has 1 unspecified atom stereocenters. The number of halogens is 2. The Labute approximate surface area is 180 Å². The van der Waals surface area contributed by atoms with Gasteiger partial charge in [-0.2, -0.15) is 5.10 Å². The Kier molecular flexibility index (Phi) is 5.95. The predicted molar refractivity (Wildman–Crippen MR) is 117 cm³/mol. The molecule has 1 aliphatic heterocycles. The van der Waals surface area contributed by atoms with Gasteiger partial charge in [0.2, 0.25) is 0 Å². The zero-order valence-corrected chi connectivity index (χ0v) is 17.1. The average Bonchev–Trinajstić information content (AvgIpc) is 3.02. The van der Waals surface area contributed by atoms with Crippen LogP contribution in [-0.2, 0) is 11.3 Å². The number of nitrogens with zero attached hydrogens (tertiary/aromatic N) is 3. The van der Waals surface area contributed by atoms with Crippen molar-refractivity contribution in [3.63, 3.8) is 0 Å². The molecule has 1 saturated heterocycles. The van der Waals surface area contributed by atoms with Crippen LogP contribution in [-0.4, -0.2) is 28.6 Å². The van der Waals surface area contributed by atoms with Crippen LogP contribution in [0.3, 0.4) is 0 Å². The highest BCUT2D eigenvalue weighted by molar-refractivity contribution is 6.31. The molecular formula is C23H19Cl2N3O. The van der Waals surface area contributed by atoms with Gasteiger partial charge >= 0.3 is 0 Å². The SMILES string of the molecule is O=C1CN(Cc2ccccc2)C(c2cccc(Cl)c2)N1/N=C/c1cccc(Cl)c1. The van der Waals surface area contributed by atoms with E-state index in [9.17, 15) is 4.79 Å². The molecule has 1 atom stereocenters. The third-order valence-corrected chi connectivity index (χ3v) is 5.20. The Bertz CT molecular complexity index is 1040. The van der Waals surface area contributed by atoms with E-state index in [0.29, 0.717) is 16.6 Å². The van der Waals surface area contributed by atoms with E-state index in [4.69, 9.17) is 23.2 Å². The molecule has 0 N–H and O–H groups in total. The Morgan fingerprint density at radius 1 is 0.931 bits per heavy atom. The molecule has 3 aromatic rings. The number of carbonyl (C=O) groups excluding carboxylic acids is 1. The minimum absolute atomic E-state index is 0.0656. The van der Waals surface area contributed by atoms with Crippen molar-refractivity contribution in [2.45, 2.75) is 12.7 Å². The minimum Gasteiger partial charge on any atom is -0.271 e. The normalized spacial score (nSPS) is 17.4. The first kappa shape index (κ1) is 19.6. The topological polar surface area (TPSA) is 35.9 Å². The van der Waals surface area contributed by atoms with Gasteiger partial charge in [0.05, 0.1) is 12.8 Å². The van der Waals surface area contributed by atoms with E-state index < -0.39 is 0 Å². The van der Waals surface area contributed by atoms with E-state index in [1.54, 1.807) is 12.3 Å².